The molecule has 0 aromatic carbocycles. The fourth-order valence-corrected chi connectivity index (χ4v) is 2.11. The van der Waals surface area contributed by atoms with Gasteiger partial charge in [0, 0.05) is 0 Å². The lowest BCUT2D eigenvalue weighted by molar-refractivity contribution is -0.190. The largest absolute Gasteiger partial charge is 0.411 e. The van der Waals surface area contributed by atoms with E-state index in [1.165, 1.54) is 32.1 Å². The average molecular weight is 282 g/mol. The lowest BCUT2D eigenvalue weighted by Gasteiger charge is -2.22. The maximum Gasteiger partial charge on any atom is 0.411 e. The molecule has 0 spiro atoms. The summed E-state index contributed by atoms with van der Waals surface area (Å²) in [4.78, 5) is 0. The van der Waals surface area contributed by atoms with Crippen molar-refractivity contribution in [2.24, 2.45) is 5.92 Å². The highest BCUT2D eigenvalue weighted by atomic mass is 19.4. The highest BCUT2D eigenvalue weighted by Gasteiger charge is 2.29. The van der Waals surface area contributed by atoms with E-state index in [-0.39, 0.29) is 12.0 Å². The van der Waals surface area contributed by atoms with Crippen LogP contribution in [0.2, 0.25) is 0 Å². The lowest BCUT2D eigenvalue weighted by atomic mass is 9.99. The van der Waals surface area contributed by atoms with Crippen molar-refractivity contribution < 1.29 is 17.9 Å². The van der Waals surface area contributed by atoms with E-state index >= 15 is 0 Å². The normalized spacial score (nSPS) is 14.1. The van der Waals surface area contributed by atoms with Crippen molar-refractivity contribution in [2.75, 3.05) is 6.61 Å². The van der Waals surface area contributed by atoms with E-state index in [1.807, 2.05) is 13.8 Å². The summed E-state index contributed by atoms with van der Waals surface area (Å²) in [6.45, 7) is 4.90. The van der Waals surface area contributed by atoms with Gasteiger partial charge in [0.2, 0.25) is 0 Å². The Labute approximate surface area is 115 Å². The van der Waals surface area contributed by atoms with E-state index in [4.69, 9.17) is 4.74 Å². The first-order valence-electron chi connectivity index (χ1n) is 7.55. The molecule has 0 rings (SSSR count). The van der Waals surface area contributed by atoms with Crippen molar-refractivity contribution in [2.45, 2.75) is 84.4 Å². The molecule has 0 aliphatic rings. The zero-order valence-corrected chi connectivity index (χ0v) is 12.6. The molecular formula is C15H29F3O. The number of hydrogen-bond acceptors (Lipinski definition) is 1. The van der Waals surface area contributed by atoms with E-state index < -0.39 is 12.8 Å². The molecule has 0 saturated heterocycles. The second kappa shape index (κ2) is 10.5. The van der Waals surface area contributed by atoms with Gasteiger partial charge in [-0.25, -0.2) is 0 Å². The van der Waals surface area contributed by atoms with Gasteiger partial charge in [-0.05, 0) is 12.3 Å². The van der Waals surface area contributed by atoms with Gasteiger partial charge in [0.1, 0.15) is 6.61 Å². The standard InChI is InChI=1S/C15H29F3O/c1-4-5-6-7-8-9-10-11-14(13(2)3)19-12-15(16,17)18/h13-14H,4-12H2,1-3H3. The van der Waals surface area contributed by atoms with Gasteiger partial charge >= 0.3 is 6.18 Å². The topological polar surface area (TPSA) is 9.23 Å². The smallest absolute Gasteiger partial charge is 0.369 e. The van der Waals surface area contributed by atoms with E-state index in [1.54, 1.807) is 0 Å². The highest BCUT2D eigenvalue weighted by molar-refractivity contribution is 4.64. The van der Waals surface area contributed by atoms with Crippen molar-refractivity contribution in [1.29, 1.82) is 0 Å². The summed E-state index contributed by atoms with van der Waals surface area (Å²) in [5.74, 6) is 0.141. The lowest BCUT2D eigenvalue weighted by Crippen LogP contribution is -2.26. The molecule has 0 amide bonds. The molecule has 19 heavy (non-hydrogen) atoms. The van der Waals surface area contributed by atoms with Gasteiger partial charge in [-0.3, -0.25) is 0 Å². The second-order valence-corrected chi connectivity index (χ2v) is 5.62. The van der Waals surface area contributed by atoms with Gasteiger partial charge in [-0.15, -0.1) is 0 Å². The van der Waals surface area contributed by atoms with Crippen LogP contribution in [0.3, 0.4) is 0 Å². The molecule has 0 aromatic heterocycles. The van der Waals surface area contributed by atoms with Crippen molar-refractivity contribution >= 4 is 0 Å². The number of halogens is 3. The first kappa shape index (κ1) is 18.8. The molecule has 0 saturated carbocycles. The van der Waals surface area contributed by atoms with Crippen LogP contribution in [0, 0.1) is 5.92 Å². The van der Waals surface area contributed by atoms with Crippen LogP contribution in [0.5, 0.6) is 0 Å². The fraction of sp³-hybridized carbons (Fsp3) is 1.00. The third kappa shape index (κ3) is 12.5. The van der Waals surface area contributed by atoms with Gasteiger partial charge in [0.15, 0.2) is 0 Å². The minimum Gasteiger partial charge on any atom is -0.369 e. The highest BCUT2D eigenvalue weighted by Crippen LogP contribution is 2.21. The van der Waals surface area contributed by atoms with Crippen LogP contribution in [0.15, 0.2) is 0 Å². The van der Waals surface area contributed by atoms with Crippen molar-refractivity contribution in [3.63, 3.8) is 0 Å². The molecule has 1 unspecified atom stereocenters. The van der Waals surface area contributed by atoms with Crippen LogP contribution in [0.1, 0.15) is 72.1 Å². The molecule has 0 aliphatic carbocycles. The van der Waals surface area contributed by atoms with Crippen molar-refractivity contribution in [3.8, 4) is 0 Å². The van der Waals surface area contributed by atoms with Crippen LogP contribution in [-0.4, -0.2) is 18.9 Å². The summed E-state index contributed by atoms with van der Waals surface area (Å²) in [6, 6.07) is 0. The molecule has 1 nitrogen and oxygen atoms in total. The minimum absolute atomic E-state index is 0.141. The van der Waals surface area contributed by atoms with Crippen molar-refractivity contribution in [3.05, 3.63) is 0 Å². The Kier molecular flexibility index (Phi) is 10.4. The Bertz CT molecular complexity index is 202. The minimum atomic E-state index is -4.21. The second-order valence-electron chi connectivity index (χ2n) is 5.62. The van der Waals surface area contributed by atoms with Crippen LogP contribution in [-0.2, 0) is 4.74 Å². The number of alkyl halides is 3. The molecule has 1 atom stereocenters. The van der Waals surface area contributed by atoms with Gasteiger partial charge in [-0.1, -0.05) is 65.7 Å². The molecule has 0 N–H and O–H groups in total. The zero-order valence-electron chi connectivity index (χ0n) is 12.6. The summed E-state index contributed by atoms with van der Waals surface area (Å²) < 4.78 is 41.3. The van der Waals surface area contributed by atoms with E-state index in [0.717, 1.165) is 19.3 Å². The molecule has 0 heterocycles. The fourth-order valence-electron chi connectivity index (χ4n) is 2.11. The van der Waals surface area contributed by atoms with Crippen LogP contribution in [0.4, 0.5) is 13.2 Å². The van der Waals surface area contributed by atoms with Crippen LogP contribution >= 0.6 is 0 Å². The predicted octanol–water partition coefficient (Wildman–Crippen LogP) is 5.73. The van der Waals surface area contributed by atoms with Gasteiger partial charge in [0.05, 0.1) is 6.10 Å². The Morgan fingerprint density at radius 1 is 0.895 bits per heavy atom. The quantitative estimate of drug-likeness (QED) is 0.440. The summed E-state index contributed by atoms with van der Waals surface area (Å²) in [5, 5.41) is 0. The molecule has 0 radical (unpaired) electrons. The first-order valence-corrected chi connectivity index (χ1v) is 7.55. The molecule has 0 fully saturated rings. The SMILES string of the molecule is CCCCCCCCCC(OCC(F)(F)F)C(C)C. The average Bonchev–Trinajstić information content (AvgIpc) is 2.30. The molecule has 116 valence electrons. The number of rotatable bonds is 11. The van der Waals surface area contributed by atoms with Gasteiger partial charge in [0.25, 0.3) is 0 Å². The number of hydrogen-bond donors (Lipinski definition) is 0. The zero-order chi connectivity index (χ0) is 14.7. The molecule has 0 aliphatic heterocycles. The maximum absolute atomic E-state index is 12.1. The summed E-state index contributed by atoms with van der Waals surface area (Å²) in [5.41, 5.74) is 0. The molecule has 0 bridgehead atoms. The van der Waals surface area contributed by atoms with E-state index in [2.05, 4.69) is 6.92 Å². The Morgan fingerprint density at radius 3 is 1.89 bits per heavy atom. The Morgan fingerprint density at radius 2 is 1.42 bits per heavy atom. The van der Waals surface area contributed by atoms with E-state index in [0.29, 0.717) is 0 Å². The Hall–Kier alpha value is -0.250. The Balaban J connectivity index is 3.66. The first-order chi connectivity index (χ1) is 8.87. The third-order valence-corrected chi connectivity index (χ3v) is 3.30. The number of unbranched alkanes of at least 4 members (excludes halogenated alkanes) is 6. The molecule has 0 aromatic rings. The van der Waals surface area contributed by atoms with Gasteiger partial charge in [-0.2, -0.15) is 13.2 Å². The maximum atomic E-state index is 12.1. The monoisotopic (exact) mass is 282 g/mol. The molecule has 4 heteroatoms. The third-order valence-electron chi connectivity index (χ3n) is 3.30. The van der Waals surface area contributed by atoms with Crippen LogP contribution < -0.4 is 0 Å². The van der Waals surface area contributed by atoms with Gasteiger partial charge < -0.3 is 4.74 Å². The summed E-state index contributed by atoms with van der Waals surface area (Å²) in [7, 11) is 0. The molecular weight excluding hydrogens is 253 g/mol. The number of ether oxygens (including phenoxy) is 1. The van der Waals surface area contributed by atoms with Crippen LogP contribution in [0.25, 0.3) is 0 Å². The summed E-state index contributed by atoms with van der Waals surface area (Å²) in [6.07, 6.45) is 4.54. The predicted molar refractivity (Wildman–Crippen MR) is 73.2 cm³/mol. The summed E-state index contributed by atoms with van der Waals surface area (Å²) >= 11 is 0. The van der Waals surface area contributed by atoms with Crippen molar-refractivity contribution in [1.82, 2.24) is 0 Å². The van der Waals surface area contributed by atoms with E-state index in [9.17, 15) is 13.2 Å².